The molecule has 126 valence electrons. The Hall–Kier alpha value is -1.59. The Morgan fingerprint density at radius 1 is 1.30 bits per heavy atom. The van der Waals surface area contributed by atoms with Gasteiger partial charge in [-0.2, -0.15) is 0 Å². The lowest BCUT2D eigenvalue weighted by Gasteiger charge is -2.28. The first kappa shape index (κ1) is 17.8. The summed E-state index contributed by atoms with van der Waals surface area (Å²) in [4.78, 5) is 25.6. The van der Waals surface area contributed by atoms with E-state index in [1.807, 2.05) is 12.1 Å². The van der Waals surface area contributed by atoms with Crippen molar-refractivity contribution in [3.8, 4) is 0 Å². The zero-order valence-electron chi connectivity index (χ0n) is 13.3. The van der Waals surface area contributed by atoms with E-state index in [1.54, 1.807) is 12.1 Å². The number of carboxylic acids is 1. The summed E-state index contributed by atoms with van der Waals surface area (Å²) in [5.74, 6) is -1.07. The molecule has 1 unspecified atom stereocenters. The molecule has 0 aliphatic carbocycles. The molecule has 23 heavy (non-hydrogen) atoms. The number of hydrogen-bond acceptors (Lipinski definition) is 3. The van der Waals surface area contributed by atoms with Gasteiger partial charge in [-0.25, -0.2) is 0 Å². The molecule has 1 fully saturated rings. The van der Waals surface area contributed by atoms with Crippen LogP contribution in [-0.4, -0.2) is 48.6 Å². The highest BCUT2D eigenvalue weighted by atomic mass is 35.5. The summed E-state index contributed by atoms with van der Waals surface area (Å²) in [6.07, 6.45) is 1.69. The second-order valence-electron chi connectivity index (χ2n) is 6.17. The van der Waals surface area contributed by atoms with Crippen LogP contribution >= 0.6 is 11.6 Å². The number of piperidine rings is 1. The molecule has 0 saturated carbocycles. The number of carbonyl (C=O) groups excluding carboxylic acids is 1. The van der Waals surface area contributed by atoms with E-state index in [4.69, 9.17) is 16.7 Å². The van der Waals surface area contributed by atoms with Gasteiger partial charge in [-0.05, 0) is 50.7 Å². The Labute approximate surface area is 141 Å². The number of amides is 1. The topological polar surface area (TPSA) is 69.6 Å². The first-order chi connectivity index (χ1) is 11.0. The van der Waals surface area contributed by atoms with Gasteiger partial charge in [0.25, 0.3) is 0 Å². The Kier molecular flexibility index (Phi) is 6.42. The molecule has 1 saturated heterocycles. The number of likely N-dealkylation sites (tertiary alicyclic amines) is 1. The van der Waals surface area contributed by atoms with Gasteiger partial charge in [0.1, 0.15) is 0 Å². The van der Waals surface area contributed by atoms with Crippen molar-refractivity contribution in [3.63, 3.8) is 0 Å². The van der Waals surface area contributed by atoms with Crippen LogP contribution in [0.15, 0.2) is 24.3 Å². The molecule has 0 spiro atoms. The fourth-order valence-corrected chi connectivity index (χ4v) is 3.02. The standard InChI is InChI=1S/C17H23ClN2O3/c1-20-8-6-13(7-9-20)17(23)19-11-14(10-16(21)22)12-2-4-15(18)5-3-12/h2-5,13-14H,6-11H2,1H3,(H,19,23)(H,21,22). The van der Waals surface area contributed by atoms with E-state index < -0.39 is 5.97 Å². The zero-order chi connectivity index (χ0) is 16.8. The van der Waals surface area contributed by atoms with Crippen molar-refractivity contribution in [2.24, 2.45) is 5.92 Å². The summed E-state index contributed by atoms with van der Waals surface area (Å²) >= 11 is 5.87. The minimum atomic E-state index is -0.876. The Morgan fingerprint density at radius 2 is 1.91 bits per heavy atom. The van der Waals surface area contributed by atoms with Crippen LogP contribution in [0.4, 0.5) is 0 Å². The van der Waals surface area contributed by atoms with Gasteiger partial charge in [0, 0.05) is 23.4 Å². The van der Waals surface area contributed by atoms with Gasteiger partial charge in [-0.3, -0.25) is 9.59 Å². The summed E-state index contributed by atoms with van der Waals surface area (Å²) in [5, 5.41) is 12.6. The van der Waals surface area contributed by atoms with E-state index in [-0.39, 0.29) is 24.2 Å². The average molecular weight is 339 g/mol. The highest BCUT2D eigenvalue weighted by molar-refractivity contribution is 6.30. The van der Waals surface area contributed by atoms with Gasteiger partial charge in [-0.1, -0.05) is 23.7 Å². The predicted molar refractivity (Wildman–Crippen MR) is 89.7 cm³/mol. The molecule has 0 aromatic heterocycles. The minimum absolute atomic E-state index is 0.0185. The highest BCUT2D eigenvalue weighted by Crippen LogP contribution is 2.22. The number of nitrogens with zero attached hydrogens (tertiary/aromatic N) is 1. The number of rotatable bonds is 6. The minimum Gasteiger partial charge on any atom is -0.481 e. The maximum Gasteiger partial charge on any atom is 0.304 e. The number of hydrogen-bond donors (Lipinski definition) is 2. The third kappa shape index (κ3) is 5.52. The number of carboxylic acid groups (broad SMARTS) is 1. The molecule has 1 aromatic rings. The normalized spacial score (nSPS) is 17.7. The van der Waals surface area contributed by atoms with E-state index in [2.05, 4.69) is 17.3 Å². The van der Waals surface area contributed by atoms with Crippen LogP contribution in [0.1, 0.15) is 30.7 Å². The first-order valence-electron chi connectivity index (χ1n) is 7.89. The molecule has 1 atom stereocenters. The Balaban J connectivity index is 1.94. The maximum absolute atomic E-state index is 12.3. The van der Waals surface area contributed by atoms with Crippen molar-refractivity contribution in [2.75, 3.05) is 26.7 Å². The molecule has 5 nitrogen and oxygen atoms in total. The maximum atomic E-state index is 12.3. The van der Waals surface area contributed by atoms with Gasteiger partial charge in [-0.15, -0.1) is 0 Å². The van der Waals surface area contributed by atoms with Gasteiger partial charge < -0.3 is 15.3 Å². The van der Waals surface area contributed by atoms with Crippen LogP contribution in [0.2, 0.25) is 5.02 Å². The summed E-state index contributed by atoms with van der Waals surface area (Å²) in [6.45, 7) is 2.18. The van der Waals surface area contributed by atoms with Crippen LogP contribution in [0.25, 0.3) is 0 Å². The summed E-state index contributed by atoms with van der Waals surface area (Å²) in [6, 6.07) is 7.12. The molecule has 0 radical (unpaired) electrons. The van der Waals surface area contributed by atoms with Gasteiger partial charge in [0.2, 0.25) is 5.91 Å². The molecule has 1 amide bonds. The molecule has 1 aliphatic rings. The van der Waals surface area contributed by atoms with E-state index in [9.17, 15) is 9.59 Å². The molecule has 2 rings (SSSR count). The van der Waals surface area contributed by atoms with E-state index in [1.165, 1.54) is 0 Å². The lowest BCUT2D eigenvalue weighted by Crippen LogP contribution is -2.40. The summed E-state index contributed by atoms with van der Waals surface area (Å²) < 4.78 is 0. The van der Waals surface area contributed by atoms with Gasteiger partial charge in [0.15, 0.2) is 0 Å². The smallest absolute Gasteiger partial charge is 0.304 e. The summed E-state index contributed by atoms with van der Waals surface area (Å²) in [7, 11) is 2.05. The predicted octanol–water partition coefficient (Wildman–Crippen LogP) is 2.36. The van der Waals surface area contributed by atoms with Crippen LogP contribution in [-0.2, 0) is 9.59 Å². The molecule has 0 bridgehead atoms. The van der Waals surface area contributed by atoms with Crippen molar-refractivity contribution >= 4 is 23.5 Å². The van der Waals surface area contributed by atoms with Crippen LogP contribution in [0.3, 0.4) is 0 Å². The Bertz CT molecular complexity index is 539. The molecule has 1 aromatic carbocycles. The van der Waals surface area contributed by atoms with Gasteiger partial charge >= 0.3 is 5.97 Å². The molecule has 1 aliphatic heterocycles. The fourth-order valence-electron chi connectivity index (χ4n) is 2.89. The number of halogens is 1. The third-order valence-electron chi connectivity index (χ3n) is 4.37. The largest absolute Gasteiger partial charge is 0.481 e. The number of benzene rings is 1. The van der Waals surface area contributed by atoms with E-state index in [0.29, 0.717) is 11.6 Å². The van der Waals surface area contributed by atoms with Crippen molar-refractivity contribution < 1.29 is 14.7 Å². The monoisotopic (exact) mass is 338 g/mol. The highest BCUT2D eigenvalue weighted by Gasteiger charge is 2.24. The lowest BCUT2D eigenvalue weighted by atomic mass is 9.93. The SMILES string of the molecule is CN1CCC(C(=O)NCC(CC(=O)O)c2ccc(Cl)cc2)CC1. The third-order valence-corrected chi connectivity index (χ3v) is 4.63. The Morgan fingerprint density at radius 3 is 2.48 bits per heavy atom. The fraction of sp³-hybridized carbons (Fsp3) is 0.529. The number of carbonyl (C=O) groups is 2. The van der Waals surface area contributed by atoms with E-state index >= 15 is 0 Å². The second-order valence-corrected chi connectivity index (χ2v) is 6.61. The first-order valence-corrected chi connectivity index (χ1v) is 8.27. The number of aliphatic carboxylic acids is 1. The molecular formula is C17H23ClN2O3. The molecule has 2 N–H and O–H groups in total. The van der Waals surface area contributed by atoms with Crippen molar-refractivity contribution in [1.29, 1.82) is 0 Å². The zero-order valence-corrected chi connectivity index (χ0v) is 14.1. The van der Waals surface area contributed by atoms with Crippen LogP contribution in [0, 0.1) is 5.92 Å². The van der Waals surface area contributed by atoms with Crippen molar-refractivity contribution in [2.45, 2.75) is 25.2 Å². The van der Waals surface area contributed by atoms with Crippen LogP contribution in [0.5, 0.6) is 0 Å². The van der Waals surface area contributed by atoms with Crippen molar-refractivity contribution in [1.82, 2.24) is 10.2 Å². The molecule has 6 heteroatoms. The van der Waals surface area contributed by atoms with Crippen LogP contribution < -0.4 is 5.32 Å². The summed E-state index contributed by atoms with van der Waals surface area (Å²) in [5.41, 5.74) is 0.875. The quantitative estimate of drug-likeness (QED) is 0.835. The molecular weight excluding hydrogens is 316 g/mol. The average Bonchev–Trinajstić information content (AvgIpc) is 2.52. The van der Waals surface area contributed by atoms with Gasteiger partial charge in [0.05, 0.1) is 6.42 Å². The number of nitrogens with one attached hydrogen (secondary N) is 1. The second kappa shape index (κ2) is 8.31. The van der Waals surface area contributed by atoms with Crippen molar-refractivity contribution in [3.05, 3.63) is 34.9 Å². The lowest BCUT2D eigenvalue weighted by molar-refractivity contribution is -0.137. The van der Waals surface area contributed by atoms with E-state index in [0.717, 1.165) is 31.5 Å². The molecule has 1 heterocycles.